The highest BCUT2D eigenvalue weighted by Crippen LogP contribution is 2.33. The van der Waals surface area contributed by atoms with Gasteiger partial charge in [0, 0.05) is 38.7 Å². The van der Waals surface area contributed by atoms with Gasteiger partial charge in [-0.3, -0.25) is 9.78 Å². The molecule has 130 valence electrons. The van der Waals surface area contributed by atoms with Crippen LogP contribution in [0.5, 0.6) is 5.75 Å². The van der Waals surface area contributed by atoms with Crippen molar-refractivity contribution in [1.29, 1.82) is 0 Å². The van der Waals surface area contributed by atoms with Gasteiger partial charge in [-0.1, -0.05) is 18.2 Å². The van der Waals surface area contributed by atoms with Crippen LogP contribution in [0.2, 0.25) is 0 Å². The molecule has 4 nitrogen and oxygen atoms in total. The van der Waals surface area contributed by atoms with Crippen LogP contribution in [0.1, 0.15) is 11.3 Å². The van der Waals surface area contributed by atoms with E-state index in [-0.39, 0.29) is 5.56 Å². The Morgan fingerprint density at radius 1 is 1.08 bits per heavy atom. The van der Waals surface area contributed by atoms with Crippen molar-refractivity contribution in [3.05, 3.63) is 76.2 Å². The monoisotopic (exact) mass is 362 g/mol. The third kappa shape index (κ3) is 3.18. The third-order valence-electron chi connectivity index (χ3n) is 4.33. The van der Waals surface area contributed by atoms with Crippen LogP contribution in [0.15, 0.2) is 64.3 Å². The van der Waals surface area contributed by atoms with Crippen molar-refractivity contribution in [1.82, 2.24) is 9.97 Å². The molecule has 2 aromatic carbocycles. The molecule has 5 heteroatoms. The number of H-pyrrole nitrogens is 1. The van der Waals surface area contributed by atoms with Crippen LogP contribution in [0.25, 0.3) is 21.8 Å². The lowest BCUT2D eigenvalue weighted by molar-refractivity contribution is 0.415. The van der Waals surface area contributed by atoms with E-state index in [2.05, 4.69) is 16.0 Å². The molecule has 0 amide bonds. The molecule has 0 aliphatic heterocycles. The average Bonchev–Trinajstić information content (AvgIpc) is 2.65. The molecule has 0 unspecified atom stereocenters. The summed E-state index contributed by atoms with van der Waals surface area (Å²) in [6.45, 7) is 2.00. The van der Waals surface area contributed by atoms with Crippen LogP contribution in [0, 0.1) is 6.92 Å². The summed E-state index contributed by atoms with van der Waals surface area (Å²) in [6, 6.07) is 17.6. The van der Waals surface area contributed by atoms with Gasteiger partial charge in [0.05, 0.1) is 12.6 Å². The van der Waals surface area contributed by atoms with Crippen LogP contribution in [-0.2, 0) is 5.75 Å². The molecule has 0 aliphatic rings. The van der Waals surface area contributed by atoms with Gasteiger partial charge in [0.1, 0.15) is 5.75 Å². The number of aryl methyl sites for hydroxylation is 1. The van der Waals surface area contributed by atoms with Gasteiger partial charge in [0.2, 0.25) is 5.56 Å². The van der Waals surface area contributed by atoms with Crippen LogP contribution in [0.3, 0.4) is 0 Å². The van der Waals surface area contributed by atoms with E-state index in [0.717, 1.165) is 43.7 Å². The summed E-state index contributed by atoms with van der Waals surface area (Å²) in [5, 5.41) is 2.14. The van der Waals surface area contributed by atoms with Gasteiger partial charge in [-0.25, -0.2) is 0 Å². The first-order valence-electron chi connectivity index (χ1n) is 8.33. The second kappa shape index (κ2) is 6.84. The van der Waals surface area contributed by atoms with Gasteiger partial charge in [-0.05, 0) is 42.8 Å². The number of nitrogens with one attached hydrogen (secondary N) is 1. The molecule has 26 heavy (non-hydrogen) atoms. The number of ether oxygens (including phenoxy) is 1. The number of thioether (sulfide) groups is 1. The number of aromatic amines is 1. The summed E-state index contributed by atoms with van der Waals surface area (Å²) < 4.78 is 5.36. The normalized spacial score (nSPS) is 11.2. The minimum Gasteiger partial charge on any atom is -0.497 e. The van der Waals surface area contributed by atoms with E-state index < -0.39 is 0 Å². The Kier molecular flexibility index (Phi) is 4.39. The van der Waals surface area contributed by atoms with E-state index in [1.165, 1.54) is 0 Å². The average molecular weight is 362 g/mol. The number of fused-ring (bicyclic) bond motifs is 2. The summed E-state index contributed by atoms with van der Waals surface area (Å²) in [7, 11) is 1.66. The van der Waals surface area contributed by atoms with Gasteiger partial charge >= 0.3 is 0 Å². The van der Waals surface area contributed by atoms with E-state index in [4.69, 9.17) is 4.74 Å². The maximum atomic E-state index is 12.0. The minimum atomic E-state index is -0.0725. The summed E-state index contributed by atoms with van der Waals surface area (Å²) in [6.07, 6.45) is 0. The molecule has 0 atom stereocenters. The first kappa shape index (κ1) is 16.7. The van der Waals surface area contributed by atoms with Crippen LogP contribution in [-0.4, -0.2) is 17.1 Å². The van der Waals surface area contributed by atoms with Crippen molar-refractivity contribution >= 4 is 33.6 Å². The maximum Gasteiger partial charge on any atom is 0.248 e. The molecule has 4 aromatic rings. The summed E-state index contributed by atoms with van der Waals surface area (Å²) in [5.74, 6) is 1.52. The molecule has 0 spiro atoms. The Morgan fingerprint density at radius 2 is 1.92 bits per heavy atom. The molecule has 0 saturated heterocycles. The summed E-state index contributed by atoms with van der Waals surface area (Å²) in [4.78, 5) is 20.6. The smallest absolute Gasteiger partial charge is 0.248 e. The van der Waals surface area contributed by atoms with Crippen molar-refractivity contribution in [2.24, 2.45) is 0 Å². The fourth-order valence-electron chi connectivity index (χ4n) is 3.10. The van der Waals surface area contributed by atoms with E-state index >= 15 is 0 Å². The third-order valence-corrected chi connectivity index (χ3v) is 5.43. The fraction of sp³-hybridized carbons (Fsp3) is 0.143. The van der Waals surface area contributed by atoms with Crippen molar-refractivity contribution in [3.63, 3.8) is 0 Å². The minimum absolute atomic E-state index is 0.0725. The van der Waals surface area contributed by atoms with Gasteiger partial charge in [0.25, 0.3) is 0 Å². The number of benzene rings is 2. The summed E-state index contributed by atoms with van der Waals surface area (Å²) in [5.41, 5.74) is 3.75. The second-order valence-electron chi connectivity index (χ2n) is 6.14. The number of methoxy groups -OCH3 is 1. The molecule has 0 aliphatic carbocycles. The van der Waals surface area contributed by atoms with Crippen molar-refractivity contribution in [3.8, 4) is 5.75 Å². The number of rotatable bonds is 4. The van der Waals surface area contributed by atoms with Crippen molar-refractivity contribution < 1.29 is 4.74 Å². The van der Waals surface area contributed by atoms with Gasteiger partial charge in [0.15, 0.2) is 0 Å². The van der Waals surface area contributed by atoms with E-state index in [1.54, 1.807) is 24.9 Å². The standard InChI is InChI=1S/C21H18N2O2S/c1-13-9-20(17-11-15(25-2)7-8-19(17)22-13)26-12-14-10-21(24)23-18-6-4-3-5-16(14)18/h3-11H,12H2,1-2H3,(H,23,24). The molecule has 4 rings (SSSR count). The molecular weight excluding hydrogens is 344 g/mol. The zero-order valence-electron chi connectivity index (χ0n) is 14.6. The Labute approximate surface area is 155 Å². The molecule has 2 heterocycles. The van der Waals surface area contributed by atoms with Crippen LogP contribution >= 0.6 is 11.8 Å². The maximum absolute atomic E-state index is 12.0. The van der Waals surface area contributed by atoms with Crippen molar-refractivity contribution in [2.45, 2.75) is 17.6 Å². The molecule has 2 aromatic heterocycles. The Morgan fingerprint density at radius 3 is 2.77 bits per heavy atom. The van der Waals surface area contributed by atoms with E-state index in [0.29, 0.717) is 5.75 Å². The van der Waals surface area contributed by atoms with Crippen LogP contribution in [0.4, 0.5) is 0 Å². The lowest BCUT2D eigenvalue weighted by Gasteiger charge is -2.10. The zero-order chi connectivity index (χ0) is 18.1. The van der Waals surface area contributed by atoms with Gasteiger partial charge in [-0.15, -0.1) is 11.8 Å². The van der Waals surface area contributed by atoms with Crippen LogP contribution < -0.4 is 10.3 Å². The van der Waals surface area contributed by atoms with Crippen molar-refractivity contribution in [2.75, 3.05) is 7.11 Å². The van der Waals surface area contributed by atoms with Gasteiger partial charge < -0.3 is 9.72 Å². The Hall–Kier alpha value is -2.79. The Balaban J connectivity index is 1.76. The number of aromatic nitrogens is 2. The predicted octanol–water partition coefficient (Wildman–Crippen LogP) is 4.69. The topological polar surface area (TPSA) is 55.0 Å². The molecule has 0 fully saturated rings. The first-order valence-corrected chi connectivity index (χ1v) is 9.32. The fourth-order valence-corrected chi connectivity index (χ4v) is 4.22. The zero-order valence-corrected chi connectivity index (χ0v) is 15.4. The lowest BCUT2D eigenvalue weighted by Crippen LogP contribution is -2.05. The predicted molar refractivity (Wildman–Crippen MR) is 107 cm³/mol. The quantitative estimate of drug-likeness (QED) is 0.535. The van der Waals surface area contributed by atoms with E-state index in [9.17, 15) is 4.79 Å². The lowest BCUT2D eigenvalue weighted by atomic mass is 10.1. The molecule has 0 bridgehead atoms. The molecule has 0 saturated carbocycles. The first-order chi connectivity index (χ1) is 12.6. The number of hydrogen-bond donors (Lipinski definition) is 1. The number of pyridine rings is 2. The summed E-state index contributed by atoms with van der Waals surface area (Å²) >= 11 is 1.71. The molecular formula is C21H18N2O2S. The van der Waals surface area contributed by atoms with Gasteiger partial charge in [-0.2, -0.15) is 0 Å². The highest BCUT2D eigenvalue weighted by atomic mass is 32.2. The Bertz CT molecular complexity index is 1170. The van der Waals surface area contributed by atoms with E-state index in [1.807, 2.05) is 49.4 Å². The number of nitrogens with zero attached hydrogens (tertiary/aromatic N) is 1. The SMILES string of the molecule is COc1ccc2nc(C)cc(SCc3cc(=O)[nH]c4ccccc34)c2c1. The number of para-hydroxylation sites is 1. The second-order valence-corrected chi connectivity index (χ2v) is 7.16. The molecule has 1 N–H and O–H groups in total. The molecule has 0 radical (unpaired) electrons. The number of hydrogen-bond acceptors (Lipinski definition) is 4. The largest absolute Gasteiger partial charge is 0.497 e. The highest BCUT2D eigenvalue weighted by Gasteiger charge is 2.09. The highest BCUT2D eigenvalue weighted by molar-refractivity contribution is 7.98.